The van der Waals surface area contributed by atoms with Crippen molar-refractivity contribution in [1.82, 2.24) is 4.90 Å². The van der Waals surface area contributed by atoms with Crippen LogP contribution in [0.2, 0.25) is 0 Å². The summed E-state index contributed by atoms with van der Waals surface area (Å²) in [5.41, 5.74) is 0.921. The van der Waals surface area contributed by atoms with E-state index < -0.39 is 0 Å². The van der Waals surface area contributed by atoms with Crippen LogP contribution in [0.25, 0.3) is 0 Å². The van der Waals surface area contributed by atoms with Gasteiger partial charge in [0.25, 0.3) is 5.91 Å². The van der Waals surface area contributed by atoms with Crippen molar-refractivity contribution in [3.63, 3.8) is 0 Å². The first-order valence-corrected chi connectivity index (χ1v) is 4.52. The Kier molecular flexibility index (Phi) is 1.87. The van der Waals surface area contributed by atoms with Crippen LogP contribution in [0.15, 0.2) is 16.7 Å². The van der Waals surface area contributed by atoms with Crippen LogP contribution in [0.5, 0.6) is 0 Å². The lowest BCUT2D eigenvalue weighted by Gasteiger charge is -2.36. The smallest absolute Gasteiger partial charge is 0.289 e. The van der Waals surface area contributed by atoms with Crippen molar-refractivity contribution in [2.45, 2.75) is 13.8 Å². The molecule has 2 rings (SSSR count). The van der Waals surface area contributed by atoms with Gasteiger partial charge in [-0.3, -0.25) is 4.79 Å². The highest BCUT2D eigenvalue weighted by molar-refractivity contribution is 5.93. The van der Waals surface area contributed by atoms with Crippen molar-refractivity contribution in [3.8, 4) is 0 Å². The van der Waals surface area contributed by atoms with Gasteiger partial charge in [-0.2, -0.15) is 0 Å². The van der Waals surface area contributed by atoms with Gasteiger partial charge in [0, 0.05) is 18.7 Å². The molecule has 3 heteroatoms. The molecule has 1 aliphatic rings. The second-order valence-electron chi connectivity index (χ2n) is 3.75. The lowest BCUT2D eigenvalue weighted by atomic mass is 10.0. The average molecular weight is 179 g/mol. The van der Waals surface area contributed by atoms with Crippen LogP contribution in [0.3, 0.4) is 0 Å². The number of hydrogen-bond acceptors (Lipinski definition) is 2. The van der Waals surface area contributed by atoms with E-state index in [-0.39, 0.29) is 5.91 Å². The second kappa shape index (κ2) is 2.91. The Hall–Kier alpha value is -1.25. The normalized spacial score (nSPS) is 17.2. The summed E-state index contributed by atoms with van der Waals surface area (Å²) >= 11 is 0. The lowest BCUT2D eigenvalue weighted by molar-refractivity contribution is 0.0497. The minimum Gasteiger partial charge on any atom is -0.459 e. The van der Waals surface area contributed by atoms with E-state index in [1.165, 1.54) is 0 Å². The van der Waals surface area contributed by atoms with Crippen molar-refractivity contribution < 1.29 is 9.21 Å². The second-order valence-corrected chi connectivity index (χ2v) is 3.75. The molecule has 1 aromatic heterocycles. The Morgan fingerprint density at radius 2 is 2.31 bits per heavy atom. The molecular formula is C10H13NO2. The number of carbonyl (C=O) groups excluding carboxylic acids is 1. The zero-order valence-electron chi connectivity index (χ0n) is 7.91. The SMILES string of the molecule is Cc1ccoc1C(=O)N1CC(C)C1. The number of likely N-dealkylation sites (tertiary alicyclic amines) is 1. The molecule has 1 aromatic rings. The summed E-state index contributed by atoms with van der Waals surface area (Å²) < 4.78 is 5.13. The molecule has 0 aliphatic carbocycles. The van der Waals surface area contributed by atoms with E-state index in [1.807, 2.05) is 17.9 Å². The number of rotatable bonds is 1. The molecule has 70 valence electrons. The first-order valence-electron chi connectivity index (χ1n) is 4.52. The van der Waals surface area contributed by atoms with E-state index in [0.29, 0.717) is 11.7 Å². The highest BCUT2D eigenvalue weighted by Gasteiger charge is 2.30. The molecule has 1 fully saturated rings. The zero-order valence-corrected chi connectivity index (χ0v) is 7.91. The van der Waals surface area contributed by atoms with E-state index in [2.05, 4.69) is 6.92 Å². The van der Waals surface area contributed by atoms with Crippen LogP contribution in [-0.2, 0) is 0 Å². The average Bonchev–Trinajstić information content (AvgIpc) is 2.44. The molecule has 0 aromatic carbocycles. The maximum Gasteiger partial charge on any atom is 0.289 e. The van der Waals surface area contributed by atoms with Gasteiger partial charge in [0.05, 0.1) is 6.26 Å². The van der Waals surface area contributed by atoms with Crippen molar-refractivity contribution in [3.05, 3.63) is 23.7 Å². The van der Waals surface area contributed by atoms with Crippen LogP contribution in [-0.4, -0.2) is 23.9 Å². The molecule has 1 amide bonds. The van der Waals surface area contributed by atoms with Gasteiger partial charge in [0.2, 0.25) is 0 Å². The number of hydrogen-bond donors (Lipinski definition) is 0. The first kappa shape index (κ1) is 8.35. The molecule has 1 aliphatic heterocycles. The monoisotopic (exact) mass is 179 g/mol. The Morgan fingerprint density at radius 1 is 1.62 bits per heavy atom. The summed E-state index contributed by atoms with van der Waals surface area (Å²) in [6.07, 6.45) is 1.56. The molecule has 13 heavy (non-hydrogen) atoms. The van der Waals surface area contributed by atoms with Crippen molar-refractivity contribution in [2.75, 3.05) is 13.1 Å². The Morgan fingerprint density at radius 3 is 2.77 bits per heavy atom. The molecule has 0 N–H and O–H groups in total. The predicted octanol–water partition coefficient (Wildman–Crippen LogP) is 1.68. The minimum absolute atomic E-state index is 0.0283. The molecular weight excluding hydrogens is 166 g/mol. The fourth-order valence-electron chi connectivity index (χ4n) is 1.60. The zero-order chi connectivity index (χ0) is 9.42. The number of amides is 1. The summed E-state index contributed by atoms with van der Waals surface area (Å²) in [5, 5.41) is 0. The van der Waals surface area contributed by atoms with E-state index in [9.17, 15) is 4.79 Å². The predicted molar refractivity (Wildman–Crippen MR) is 48.5 cm³/mol. The van der Waals surface area contributed by atoms with Crippen LogP contribution in [0.4, 0.5) is 0 Å². The summed E-state index contributed by atoms with van der Waals surface area (Å²) in [7, 11) is 0. The quantitative estimate of drug-likeness (QED) is 0.657. The Labute approximate surface area is 77.3 Å². The van der Waals surface area contributed by atoms with Crippen molar-refractivity contribution in [1.29, 1.82) is 0 Å². The molecule has 0 saturated carbocycles. The highest BCUT2D eigenvalue weighted by Crippen LogP contribution is 2.19. The Balaban J connectivity index is 2.10. The van der Waals surface area contributed by atoms with Gasteiger partial charge in [0.15, 0.2) is 5.76 Å². The van der Waals surface area contributed by atoms with Gasteiger partial charge in [-0.1, -0.05) is 6.92 Å². The molecule has 2 heterocycles. The molecule has 0 atom stereocenters. The van der Waals surface area contributed by atoms with Crippen LogP contribution in [0, 0.1) is 12.8 Å². The number of furan rings is 1. The van der Waals surface area contributed by atoms with Gasteiger partial charge < -0.3 is 9.32 Å². The third kappa shape index (κ3) is 1.34. The summed E-state index contributed by atoms with van der Waals surface area (Å²) in [6.45, 7) is 5.75. The Bertz CT molecular complexity index is 323. The summed E-state index contributed by atoms with van der Waals surface area (Å²) in [5.74, 6) is 1.16. The molecule has 0 spiro atoms. The number of aryl methyl sites for hydroxylation is 1. The highest BCUT2D eigenvalue weighted by atomic mass is 16.3. The fraction of sp³-hybridized carbons (Fsp3) is 0.500. The minimum atomic E-state index is 0.0283. The van der Waals surface area contributed by atoms with Gasteiger partial charge in [-0.15, -0.1) is 0 Å². The first-order chi connectivity index (χ1) is 6.18. The third-order valence-electron chi connectivity index (χ3n) is 2.41. The van der Waals surface area contributed by atoms with E-state index in [1.54, 1.807) is 6.26 Å². The van der Waals surface area contributed by atoms with E-state index >= 15 is 0 Å². The topological polar surface area (TPSA) is 33.5 Å². The van der Waals surface area contributed by atoms with Gasteiger partial charge in [-0.05, 0) is 18.9 Å². The van der Waals surface area contributed by atoms with Crippen molar-refractivity contribution >= 4 is 5.91 Å². The fourth-order valence-corrected chi connectivity index (χ4v) is 1.60. The molecule has 1 saturated heterocycles. The van der Waals surface area contributed by atoms with Crippen LogP contribution >= 0.6 is 0 Å². The molecule has 3 nitrogen and oxygen atoms in total. The maximum atomic E-state index is 11.7. The standard InChI is InChI=1S/C10H13NO2/c1-7-5-11(6-7)10(12)9-8(2)3-4-13-9/h3-4,7H,5-6H2,1-2H3. The third-order valence-corrected chi connectivity index (χ3v) is 2.41. The van der Waals surface area contributed by atoms with Crippen molar-refractivity contribution in [2.24, 2.45) is 5.92 Å². The largest absolute Gasteiger partial charge is 0.459 e. The van der Waals surface area contributed by atoms with Gasteiger partial charge in [-0.25, -0.2) is 0 Å². The summed E-state index contributed by atoms with van der Waals surface area (Å²) in [6, 6.07) is 1.82. The van der Waals surface area contributed by atoms with Gasteiger partial charge in [0.1, 0.15) is 0 Å². The lowest BCUT2D eigenvalue weighted by Crippen LogP contribution is -2.48. The molecule has 0 radical (unpaired) electrons. The molecule has 0 unspecified atom stereocenters. The molecule has 0 bridgehead atoms. The van der Waals surface area contributed by atoms with Crippen LogP contribution < -0.4 is 0 Å². The summed E-state index contributed by atoms with van der Waals surface area (Å²) in [4.78, 5) is 13.5. The van der Waals surface area contributed by atoms with E-state index in [0.717, 1.165) is 18.7 Å². The van der Waals surface area contributed by atoms with Crippen LogP contribution in [0.1, 0.15) is 23.0 Å². The maximum absolute atomic E-state index is 11.7. The number of nitrogens with zero attached hydrogens (tertiary/aromatic N) is 1. The number of carbonyl (C=O) groups is 1. The van der Waals surface area contributed by atoms with Gasteiger partial charge >= 0.3 is 0 Å². The van der Waals surface area contributed by atoms with E-state index in [4.69, 9.17) is 4.42 Å².